The van der Waals surface area contributed by atoms with Crippen LogP contribution in [0.1, 0.15) is 5.56 Å². The maximum Gasteiger partial charge on any atom is 0.149 e. The molecule has 64 valence electrons. The summed E-state index contributed by atoms with van der Waals surface area (Å²) in [7, 11) is 0. The Morgan fingerprint density at radius 1 is 1.42 bits per heavy atom. The number of nitrogen functional groups attached to an aromatic ring is 1. The molecule has 2 N–H and O–H groups in total. The van der Waals surface area contributed by atoms with E-state index in [0.29, 0.717) is 12.0 Å². The molecule has 0 saturated heterocycles. The summed E-state index contributed by atoms with van der Waals surface area (Å²) in [5.41, 5.74) is 5.78. The smallest absolute Gasteiger partial charge is 0.149 e. The molecule has 12 heavy (non-hydrogen) atoms. The van der Waals surface area contributed by atoms with Crippen LogP contribution in [0.4, 0.5) is 14.5 Å². The van der Waals surface area contributed by atoms with Crippen LogP contribution in [-0.4, -0.2) is 0 Å². The second kappa shape index (κ2) is 3.34. The Morgan fingerprint density at radius 3 is 2.67 bits per heavy atom. The number of rotatable bonds is 2. The van der Waals surface area contributed by atoms with Crippen molar-refractivity contribution in [2.24, 2.45) is 0 Å². The number of halogens is 2. The molecule has 0 radical (unpaired) electrons. The van der Waals surface area contributed by atoms with Crippen molar-refractivity contribution in [3.63, 3.8) is 0 Å². The van der Waals surface area contributed by atoms with Crippen molar-refractivity contribution in [1.82, 2.24) is 0 Å². The molecule has 0 saturated carbocycles. The average Bonchev–Trinajstić information content (AvgIpc) is 2.00. The van der Waals surface area contributed by atoms with E-state index in [-0.39, 0.29) is 5.69 Å². The predicted octanol–water partition coefficient (Wildman–Crippen LogP) is 2.28. The summed E-state index contributed by atoms with van der Waals surface area (Å²) >= 11 is 0. The fraction of sp³-hybridized carbons (Fsp3) is 0.111. The SMILES string of the molecule is C=CCc1cc(F)cc(F)c1N. The lowest BCUT2D eigenvalue weighted by Crippen LogP contribution is -1.98. The van der Waals surface area contributed by atoms with Crippen LogP contribution in [0.5, 0.6) is 0 Å². The monoisotopic (exact) mass is 169 g/mol. The number of nitrogens with two attached hydrogens (primary N) is 1. The van der Waals surface area contributed by atoms with Crippen LogP contribution in [0.15, 0.2) is 24.8 Å². The molecule has 0 atom stereocenters. The van der Waals surface area contributed by atoms with Crippen molar-refractivity contribution in [1.29, 1.82) is 0 Å². The van der Waals surface area contributed by atoms with Crippen molar-refractivity contribution in [2.75, 3.05) is 5.73 Å². The molecule has 0 aromatic heterocycles. The zero-order valence-corrected chi connectivity index (χ0v) is 6.48. The minimum atomic E-state index is -0.716. The lowest BCUT2D eigenvalue weighted by atomic mass is 10.1. The number of hydrogen-bond donors (Lipinski definition) is 1. The summed E-state index contributed by atoms with van der Waals surface area (Å²) in [6.07, 6.45) is 1.92. The van der Waals surface area contributed by atoms with Gasteiger partial charge in [-0.25, -0.2) is 8.78 Å². The van der Waals surface area contributed by atoms with Crippen molar-refractivity contribution < 1.29 is 8.78 Å². The first-order valence-electron chi connectivity index (χ1n) is 3.49. The van der Waals surface area contributed by atoms with Crippen LogP contribution < -0.4 is 5.73 Å². The summed E-state index contributed by atoms with van der Waals surface area (Å²) in [6, 6.07) is 1.97. The van der Waals surface area contributed by atoms with Gasteiger partial charge in [-0.15, -0.1) is 6.58 Å². The second-order valence-corrected chi connectivity index (χ2v) is 2.45. The third-order valence-electron chi connectivity index (χ3n) is 1.54. The predicted molar refractivity (Wildman–Crippen MR) is 44.7 cm³/mol. The quantitative estimate of drug-likeness (QED) is 0.533. The minimum Gasteiger partial charge on any atom is -0.396 e. The Kier molecular flexibility index (Phi) is 2.43. The molecule has 0 bridgehead atoms. The highest BCUT2D eigenvalue weighted by atomic mass is 19.1. The topological polar surface area (TPSA) is 26.0 Å². The number of allylic oxidation sites excluding steroid dienone is 1. The van der Waals surface area contributed by atoms with Crippen LogP contribution in [0.2, 0.25) is 0 Å². The molecule has 1 rings (SSSR count). The van der Waals surface area contributed by atoms with E-state index in [1.165, 1.54) is 6.07 Å². The first-order chi connectivity index (χ1) is 5.65. The van der Waals surface area contributed by atoms with Gasteiger partial charge in [-0.05, 0) is 18.1 Å². The standard InChI is InChI=1S/C9H9F2N/c1-2-3-6-4-7(10)5-8(11)9(6)12/h2,4-5H,1,3,12H2. The fourth-order valence-corrected chi connectivity index (χ4v) is 0.962. The van der Waals surface area contributed by atoms with Crippen molar-refractivity contribution in [3.8, 4) is 0 Å². The Bertz CT molecular complexity index is 308. The van der Waals surface area contributed by atoms with E-state index in [4.69, 9.17) is 5.73 Å². The third kappa shape index (κ3) is 1.61. The van der Waals surface area contributed by atoms with Crippen LogP contribution >= 0.6 is 0 Å². The summed E-state index contributed by atoms with van der Waals surface area (Å²) in [4.78, 5) is 0. The van der Waals surface area contributed by atoms with Crippen LogP contribution in [-0.2, 0) is 6.42 Å². The van der Waals surface area contributed by atoms with Gasteiger partial charge in [0.1, 0.15) is 11.6 Å². The molecular weight excluding hydrogens is 160 g/mol. The first kappa shape index (κ1) is 8.71. The van der Waals surface area contributed by atoms with Gasteiger partial charge in [-0.2, -0.15) is 0 Å². The Balaban J connectivity index is 3.17. The summed E-state index contributed by atoms with van der Waals surface area (Å²) in [5.74, 6) is -1.33. The van der Waals surface area contributed by atoms with Gasteiger partial charge < -0.3 is 5.73 Å². The third-order valence-corrected chi connectivity index (χ3v) is 1.54. The highest BCUT2D eigenvalue weighted by Gasteiger charge is 2.05. The Morgan fingerprint density at radius 2 is 2.08 bits per heavy atom. The van der Waals surface area contributed by atoms with Crippen LogP contribution in [0.3, 0.4) is 0 Å². The van der Waals surface area contributed by atoms with Gasteiger partial charge in [0, 0.05) is 6.07 Å². The van der Waals surface area contributed by atoms with E-state index < -0.39 is 11.6 Å². The number of benzene rings is 1. The second-order valence-electron chi connectivity index (χ2n) is 2.45. The van der Waals surface area contributed by atoms with Crippen molar-refractivity contribution >= 4 is 5.69 Å². The molecule has 3 heteroatoms. The van der Waals surface area contributed by atoms with Crippen LogP contribution in [0, 0.1) is 11.6 Å². The molecular formula is C9H9F2N. The molecule has 0 fully saturated rings. The van der Waals surface area contributed by atoms with Gasteiger partial charge in [-0.1, -0.05) is 6.08 Å². The normalized spacial score (nSPS) is 9.83. The van der Waals surface area contributed by atoms with E-state index in [2.05, 4.69) is 6.58 Å². The van der Waals surface area contributed by atoms with Gasteiger partial charge in [0.2, 0.25) is 0 Å². The molecule has 0 aliphatic rings. The molecule has 0 aliphatic heterocycles. The lowest BCUT2D eigenvalue weighted by molar-refractivity contribution is 0.584. The summed E-state index contributed by atoms with van der Waals surface area (Å²) in [6.45, 7) is 3.46. The molecule has 1 aromatic carbocycles. The van der Waals surface area contributed by atoms with Crippen molar-refractivity contribution in [2.45, 2.75) is 6.42 Å². The lowest BCUT2D eigenvalue weighted by Gasteiger charge is -2.03. The van der Waals surface area contributed by atoms with E-state index >= 15 is 0 Å². The van der Waals surface area contributed by atoms with E-state index in [1.54, 1.807) is 6.08 Å². The van der Waals surface area contributed by atoms with Gasteiger partial charge in [-0.3, -0.25) is 0 Å². The van der Waals surface area contributed by atoms with Gasteiger partial charge in [0.25, 0.3) is 0 Å². The molecule has 1 aromatic rings. The summed E-state index contributed by atoms with van der Waals surface area (Å²) in [5, 5.41) is 0. The number of anilines is 1. The van der Waals surface area contributed by atoms with Crippen LogP contribution in [0.25, 0.3) is 0 Å². The fourth-order valence-electron chi connectivity index (χ4n) is 0.962. The molecule has 0 aliphatic carbocycles. The molecule has 1 nitrogen and oxygen atoms in total. The largest absolute Gasteiger partial charge is 0.396 e. The molecule has 0 spiro atoms. The van der Waals surface area contributed by atoms with Gasteiger partial charge >= 0.3 is 0 Å². The maximum absolute atomic E-state index is 12.8. The Labute approximate surface area is 69.5 Å². The first-order valence-corrected chi connectivity index (χ1v) is 3.49. The maximum atomic E-state index is 12.8. The van der Waals surface area contributed by atoms with E-state index in [9.17, 15) is 8.78 Å². The average molecular weight is 169 g/mol. The minimum absolute atomic E-state index is 0.00343. The zero-order chi connectivity index (χ0) is 9.14. The van der Waals surface area contributed by atoms with Gasteiger partial charge in [0.15, 0.2) is 0 Å². The van der Waals surface area contributed by atoms with Crippen molar-refractivity contribution in [3.05, 3.63) is 42.0 Å². The van der Waals surface area contributed by atoms with E-state index in [0.717, 1.165) is 6.07 Å². The highest BCUT2D eigenvalue weighted by molar-refractivity contribution is 5.48. The Hall–Kier alpha value is -1.38. The molecule has 0 amide bonds. The summed E-state index contributed by atoms with van der Waals surface area (Å²) < 4.78 is 25.4. The molecule has 0 heterocycles. The highest BCUT2D eigenvalue weighted by Crippen LogP contribution is 2.18. The van der Waals surface area contributed by atoms with Gasteiger partial charge in [0.05, 0.1) is 5.69 Å². The molecule has 0 unspecified atom stereocenters. The zero-order valence-electron chi connectivity index (χ0n) is 6.48. The van der Waals surface area contributed by atoms with E-state index in [1.807, 2.05) is 0 Å². The number of hydrogen-bond acceptors (Lipinski definition) is 1.